The maximum absolute atomic E-state index is 12.9. The van der Waals surface area contributed by atoms with Gasteiger partial charge in [-0.1, -0.05) is 24.3 Å². The summed E-state index contributed by atoms with van der Waals surface area (Å²) >= 11 is 0. The van der Waals surface area contributed by atoms with Gasteiger partial charge in [-0.05, 0) is 30.9 Å². The van der Waals surface area contributed by atoms with Crippen molar-refractivity contribution in [1.82, 2.24) is 18.7 Å². The van der Waals surface area contributed by atoms with Crippen LogP contribution in [0.4, 0.5) is 5.95 Å². The molecule has 0 amide bonds. The molecule has 8 nitrogen and oxygen atoms in total. The van der Waals surface area contributed by atoms with Gasteiger partial charge in [0.05, 0.1) is 12.6 Å². The Morgan fingerprint density at radius 1 is 1.21 bits per heavy atom. The van der Waals surface area contributed by atoms with Crippen LogP contribution in [0.2, 0.25) is 0 Å². The smallest absolute Gasteiger partial charge is 0.332 e. The fraction of sp³-hybridized carbons (Fsp3) is 0.450. The maximum atomic E-state index is 12.9. The van der Waals surface area contributed by atoms with Crippen molar-refractivity contribution in [1.29, 1.82) is 0 Å². The van der Waals surface area contributed by atoms with Gasteiger partial charge in [-0.15, -0.1) is 0 Å². The van der Waals surface area contributed by atoms with E-state index in [0.717, 1.165) is 35.1 Å². The highest BCUT2D eigenvalue weighted by atomic mass is 16.5. The summed E-state index contributed by atoms with van der Waals surface area (Å²) in [5.74, 6) is 0.576. The third-order valence-corrected chi connectivity index (χ3v) is 5.45. The van der Waals surface area contributed by atoms with Gasteiger partial charge in [0, 0.05) is 27.2 Å². The van der Waals surface area contributed by atoms with Crippen LogP contribution < -0.4 is 16.6 Å². The molecule has 1 saturated heterocycles. The molecule has 2 aromatic heterocycles. The van der Waals surface area contributed by atoms with Gasteiger partial charge in [0.1, 0.15) is 0 Å². The number of hydrogen-bond donors (Lipinski definition) is 1. The van der Waals surface area contributed by atoms with E-state index in [9.17, 15) is 9.59 Å². The van der Waals surface area contributed by atoms with Crippen LogP contribution in [-0.4, -0.2) is 37.9 Å². The Morgan fingerprint density at radius 2 is 2.00 bits per heavy atom. The second kappa shape index (κ2) is 7.27. The van der Waals surface area contributed by atoms with E-state index in [0.29, 0.717) is 30.2 Å². The van der Waals surface area contributed by atoms with Crippen LogP contribution in [0.1, 0.15) is 24.0 Å². The number of rotatable bonds is 5. The number of benzene rings is 1. The molecule has 0 radical (unpaired) electrons. The Bertz CT molecular complexity index is 1140. The summed E-state index contributed by atoms with van der Waals surface area (Å²) in [7, 11) is 3.13. The topological polar surface area (TPSA) is 83.1 Å². The van der Waals surface area contributed by atoms with Gasteiger partial charge in [-0.25, -0.2) is 4.79 Å². The molecule has 0 spiro atoms. The molecular formula is C20H25N5O3. The molecular weight excluding hydrogens is 358 g/mol. The average Bonchev–Trinajstić information content (AvgIpc) is 3.33. The van der Waals surface area contributed by atoms with Gasteiger partial charge in [0.2, 0.25) is 5.95 Å². The second-order valence-electron chi connectivity index (χ2n) is 7.34. The van der Waals surface area contributed by atoms with E-state index in [1.165, 1.54) is 11.6 Å². The lowest BCUT2D eigenvalue weighted by atomic mass is 10.1. The molecule has 4 rings (SSSR count). The van der Waals surface area contributed by atoms with E-state index in [1.54, 1.807) is 7.05 Å². The van der Waals surface area contributed by atoms with E-state index in [4.69, 9.17) is 4.74 Å². The minimum atomic E-state index is -0.385. The number of nitrogens with zero attached hydrogens (tertiary/aromatic N) is 4. The Hall–Kier alpha value is -2.87. The first kappa shape index (κ1) is 18.5. The van der Waals surface area contributed by atoms with Gasteiger partial charge in [-0.2, -0.15) is 4.98 Å². The van der Waals surface area contributed by atoms with Crippen LogP contribution in [0.5, 0.6) is 0 Å². The minimum absolute atomic E-state index is 0.137. The normalized spacial score (nSPS) is 16.8. The Balaban J connectivity index is 1.85. The molecule has 1 N–H and O–H groups in total. The van der Waals surface area contributed by atoms with Crippen LogP contribution in [0.15, 0.2) is 33.9 Å². The van der Waals surface area contributed by atoms with Crippen LogP contribution in [0.3, 0.4) is 0 Å². The number of hydrogen-bond acceptors (Lipinski definition) is 5. The van der Waals surface area contributed by atoms with Gasteiger partial charge >= 0.3 is 5.69 Å². The average molecular weight is 383 g/mol. The van der Waals surface area contributed by atoms with Crippen LogP contribution >= 0.6 is 0 Å². The first-order valence-corrected chi connectivity index (χ1v) is 9.53. The number of imidazole rings is 1. The lowest BCUT2D eigenvalue weighted by molar-refractivity contribution is 0.120. The molecule has 3 heterocycles. The van der Waals surface area contributed by atoms with Gasteiger partial charge in [-0.3, -0.25) is 18.5 Å². The number of fused-ring (bicyclic) bond motifs is 1. The van der Waals surface area contributed by atoms with Crippen molar-refractivity contribution in [3.05, 3.63) is 56.2 Å². The summed E-state index contributed by atoms with van der Waals surface area (Å²) < 4.78 is 10.1. The zero-order valence-corrected chi connectivity index (χ0v) is 16.4. The largest absolute Gasteiger partial charge is 0.376 e. The predicted octanol–water partition coefficient (Wildman–Crippen LogP) is 1.38. The van der Waals surface area contributed by atoms with E-state index in [-0.39, 0.29) is 17.4 Å². The number of aryl methyl sites for hydroxylation is 2. The summed E-state index contributed by atoms with van der Waals surface area (Å²) in [5, 5.41) is 3.34. The molecule has 28 heavy (non-hydrogen) atoms. The number of ether oxygens (including phenoxy) is 1. The highest BCUT2D eigenvalue weighted by Gasteiger charge is 2.21. The number of nitrogens with one attached hydrogen (secondary N) is 1. The Labute approximate surface area is 162 Å². The molecule has 1 aliphatic rings. The first-order chi connectivity index (χ1) is 13.5. The van der Waals surface area contributed by atoms with Crippen molar-refractivity contribution >= 4 is 17.1 Å². The summed E-state index contributed by atoms with van der Waals surface area (Å²) in [5.41, 5.74) is 2.31. The standard InChI is InChI=1S/C20H25N5O3/c1-13-7-4-5-8-14(13)12-25-16-17(23(2)20(27)24(3)18(16)26)22-19(25)21-11-15-9-6-10-28-15/h4-5,7-8,15H,6,9-12H2,1-3H3,(H,21,22)/t15-/m1/s1. The van der Waals surface area contributed by atoms with Gasteiger partial charge < -0.3 is 10.1 Å². The molecule has 1 aliphatic heterocycles. The van der Waals surface area contributed by atoms with E-state index >= 15 is 0 Å². The maximum Gasteiger partial charge on any atom is 0.332 e. The van der Waals surface area contributed by atoms with Crippen molar-refractivity contribution in [3.8, 4) is 0 Å². The van der Waals surface area contributed by atoms with Crippen LogP contribution in [0.25, 0.3) is 11.2 Å². The van der Waals surface area contributed by atoms with Crippen molar-refractivity contribution in [3.63, 3.8) is 0 Å². The summed E-state index contributed by atoms with van der Waals surface area (Å²) in [4.78, 5) is 29.9. The van der Waals surface area contributed by atoms with Crippen molar-refractivity contribution < 1.29 is 4.74 Å². The summed E-state index contributed by atoms with van der Waals surface area (Å²) in [6.45, 7) is 3.93. The molecule has 1 fully saturated rings. The fourth-order valence-corrected chi connectivity index (χ4v) is 3.70. The molecule has 1 aromatic carbocycles. The third kappa shape index (κ3) is 3.13. The number of anilines is 1. The van der Waals surface area contributed by atoms with Crippen molar-refractivity contribution in [2.75, 3.05) is 18.5 Å². The highest BCUT2D eigenvalue weighted by Crippen LogP contribution is 2.20. The van der Waals surface area contributed by atoms with Gasteiger partial charge in [0.15, 0.2) is 11.2 Å². The Kier molecular flexibility index (Phi) is 4.80. The minimum Gasteiger partial charge on any atom is -0.376 e. The van der Waals surface area contributed by atoms with Gasteiger partial charge in [0.25, 0.3) is 5.56 Å². The summed E-state index contributed by atoms with van der Waals surface area (Å²) in [6.07, 6.45) is 2.20. The molecule has 0 saturated carbocycles. The monoisotopic (exact) mass is 383 g/mol. The first-order valence-electron chi connectivity index (χ1n) is 9.53. The SMILES string of the molecule is Cc1ccccc1Cn1c(NC[C@H]2CCCO2)nc2c1c(=O)n(C)c(=O)n2C. The third-order valence-electron chi connectivity index (χ3n) is 5.45. The number of aromatic nitrogens is 4. The Morgan fingerprint density at radius 3 is 2.71 bits per heavy atom. The van der Waals surface area contributed by atoms with E-state index in [1.807, 2.05) is 35.8 Å². The van der Waals surface area contributed by atoms with Crippen molar-refractivity contribution in [2.24, 2.45) is 14.1 Å². The molecule has 0 unspecified atom stereocenters. The second-order valence-corrected chi connectivity index (χ2v) is 7.34. The van der Waals surface area contributed by atoms with Crippen molar-refractivity contribution in [2.45, 2.75) is 32.4 Å². The zero-order chi connectivity index (χ0) is 19.8. The molecule has 0 aliphatic carbocycles. The molecule has 148 valence electrons. The molecule has 3 aromatic rings. The molecule has 0 bridgehead atoms. The lowest BCUT2D eigenvalue weighted by Gasteiger charge is -2.14. The highest BCUT2D eigenvalue weighted by molar-refractivity contribution is 5.74. The molecule has 8 heteroatoms. The van der Waals surface area contributed by atoms with Crippen LogP contribution in [0, 0.1) is 6.92 Å². The van der Waals surface area contributed by atoms with E-state index < -0.39 is 0 Å². The predicted molar refractivity (Wildman–Crippen MR) is 108 cm³/mol. The zero-order valence-electron chi connectivity index (χ0n) is 16.4. The van der Waals surface area contributed by atoms with Crippen LogP contribution in [-0.2, 0) is 25.4 Å². The summed E-state index contributed by atoms with van der Waals surface area (Å²) in [6, 6.07) is 8.05. The molecule has 1 atom stereocenters. The quantitative estimate of drug-likeness (QED) is 0.720. The fourth-order valence-electron chi connectivity index (χ4n) is 3.70. The lowest BCUT2D eigenvalue weighted by Crippen LogP contribution is -2.37. The van der Waals surface area contributed by atoms with E-state index in [2.05, 4.69) is 10.3 Å².